The van der Waals surface area contributed by atoms with Crippen LogP contribution in [-0.2, 0) is 30.5 Å². The second kappa shape index (κ2) is 26.5. The first-order valence-corrected chi connectivity index (χ1v) is 17.8. The number of carboxylic acids is 1. The Hall–Kier alpha value is -4.36. The molecule has 0 aliphatic carbocycles. The van der Waals surface area contributed by atoms with Gasteiger partial charge in [0.2, 0.25) is 17.7 Å². The highest BCUT2D eigenvalue weighted by Gasteiger charge is 2.33. The van der Waals surface area contributed by atoms with E-state index in [-0.39, 0.29) is 12.5 Å². The lowest BCUT2D eigenvalue weighted by Gasteiger charge is -2.29. The maximum atomic E-state index is 13.5. The van der Waals surface area contributed by atoms with E-state index in [1.807, 2.05) is 30.3 Å². The molecule has 7 N–H and O–H groups in total. The van der Waals surface area contributed by atoms with Crippen LogP contribution in [0.1, 0.15) is 110 Å². The topological polar surface area (TPSA) is 238 Å². The van der Waals surface area contributed by atoms with Gasteiger partial charge in [-0.1, -0.05) is 114 Å². The molecule has 0 saturated heterocycles. The predicted octanol–water partition coefficient (Wildman–Crippen LogP) is 4.84. The summed E-state index contributed by atoms with van der Waals surface area (Å²) >= 11 is 0. The van der Waals surface area contributed by atoms with Gasteiger partial charge in [-0.25, -0.2) is 4.79 Å². The molecule has 0 aliphatic heterocycles. The highest BCUT2D eigenvalue weighted by atomic mass is 16.5. The molecule has 0 fully saturated rings. The lowest BCUT2D eigenvalue weighted by atomic mass is 9.97. The molecule has 0 bridgehead atoms. The van der Waals surface area contributed by atoms with E-state index in [1.165, 1.54) is 25.7 Å². The lowest BCUT2D eigenvalue weighted by molar-refractivity contribution is -0.138. The summed E-state index contributed by atoms with van der Waals surface area (Å²) in [6.07, 6.45) is 10.6. The molecule has 0 heterocycles. The van der Waals surface area contributed by atoms with Crippen LogP contribution in [0, 0.1) is 5.92 Å². The Bertz CT molecular complexity index is 1210. The molecule has 1 aromatic carbocycles. The molecule has 0 aromatic heterocycles. The average molecular weight is 703 g/mol. The molecule has 0 aliphatic rings. The molecule has 4 amide bonds. The number of rotatable bonds is 27. The van der Waals surface area contributed by atoms with Crippen molar-refractivity contribution in [2.24, 2.45) is 16.8 Å². The first-order valence-electron chi connectivity index (χ1n) is 17.8. The Morgan fingerprint density at radius 3 is 2.06 bits per heavy atom. The Morgan fingerprint density at radius 1 is 0.840 bits per heavy atom. The molecule has 1 aromatic rings. The molecule has 50 heavy (non-hydrogen) atoms. The fourth-order valence-corrected chi connectivity index (χ4v) is 5.28. The maximum absolute atomic E-state index is 13.5. The number of ether oxygens (including phenoxy) is 1. The van der Waals surface area contributed by atoms with Crippen LogP contribution in [-0.4, -0.2) is 72.1 Å². The summed E-state index contributed by atoms with van der Waals surface area (Å²) < 4.78 is 5.18. The number of hydrogen-bond donors (Lipinski definition) is 6. The van der Waals surface area contributed by atoms with Gasteiger partial charge in [0, 0.05) is 17.5 Å². The van der Waals surface area contributed by atoms with E-state index in [9.17, 15) is 29.5 Å². The van der Waals surface area contributed by atoms with E-state index in [0.717, 1.165) is 31.2 Å². The molecule has 4 atom stereocenters. The van der Waals surface area contributed by atoms with Crippen LogP contribution in [0.2, 0.25) is 0 Å². The van der Waals surface area contributed by atoms with Crippen molar-refractivity contribution in [3.05, 3.63) is 46.3 Å². The van der Waals surface area contributed by atoms with Crippen LogP contribution in [0.15, 0.2) is 35.4 Å². The van der Waals surface area contributed by atoms with Gasteiger partial charge in [-0.15, -0.1) is 0 Å². The number of carbonyl (C=O) groups is 5. The number of nitrogens with zero attached hydrogens (tertiary/aromatic N) is 3. The summed E-state index contributed by atoms with van der Waals surface area (Å²) in [6, 6.07) is 5.05. The summed E-state index contributed by atoms with van der Waals surface area (Å²) in [4.78, 5) is 65.2. The largest absolute Gasteiger partial charge is 0.480 e. The minimum absolute atomic E-state index is 0.159. The van der Waals surface area contributed by atoms with E-state index in [0.29, 0.717) is 38.6 Å². The summed E-state index contributed by atoms with van der Waals surface area (Å²) in [5, 5.41) is 23.0. The molecule has 0 unspecified atom stereocenters. The number of alkyl carbamates (subject to hydrolysis) is 1. The third-order valence-corrected chi connectivity index (χ3v) is 8.19. The quantitative estimate of drug-likeness (QED) is 0.0320. The van der Waals surface area contributed by atoms with Crippen molar-refractivity contribution in [1.82, 2.24) is 21.3 Å². The molecule has 0 radical (unpaired) electrons. The molecule has 1 rings (SSSR count). The number of carboxylic acid groups (broad SMARTS) is 1. The van der Waals surface area contributed by atoms with Crippen molar-refractivity contribution in [3.63, 3.8) is 0 Å². The summed E-state index contributed by atoms with van der Waals surface area (Å²) in [5.74, 6) is -3.56. The Kier molecular flexibility index (Phi) is 23.1. The number of hydrogen-bond acceptors (Lipinski definition) is 8. The number of unbranched alkanes of at least 4 members (excludes halogenated alkanes) is 9. The number of carbonyl (C=O) groups excluding carboxylic acids is 4. The Balaban J connectivity index is 2.72. The van der Waals surface area contributed by atoms with Crippen molar-refractivity contribution in [1.29, 1.82) is 0 Å². The normalized spacial score (nSPS) is 13.2. The van der Waals surface area contributed by atoms with E-state index >= 15 is 0 Å². The first kappa shape index (κ1) is 43.7. The molecule has 280 valence electrons. The molecular weight excluding hydrogens is 644 g/mol. The standard InChI is InChI=1S/C35H58N8O7/c1-4-5-6-7-8-9-10-11-15-21-28(31(42-43-37)33(47)39-23-29(44)45)40-34(48)30(25(2)3)41-32(46)27(36)20-16-17-22-38-35(49)50-24-26-18-13-12-14-19-26/h12-14,18-19,25,27-28,30-31H,4-11,15-17,20-24,36H2,1-3H3,(H,38,49)(H,39,47)(H,40,48)(H,41,46)(H,44,45)/t27-,28+,30-,31+/m0/s1. The van der Waals surface area contributed by atoms with Crippen LogP contribution in [0.5, 0.6) is 0 Å². The van der Waals surface area contributed by atoms with Crippen molar-refractivity contribution in [2.45, 2.75) is 135 Å². The van der Waals surface area contributed by atoms with Gasteiger partial charge >= 0.3 is 12.1 Å². The summed E-state index contributed by atoms with van der Waals surface area (Å²) in [7, 11) is 0. The van der Waals surface area contributed by atoms with Crippen molar-refractivity contribution >= 4 is 29.8 Å². The number of amides is 4. The number of nitrogens with one attached hydrogen (secondary N) is 4. The third-order valence-electron chi connectivity index (χ3n) is 8.19. The van der Waals surface area contributed by atoms with Crippen molar-refractivity contribution in [2.75, 3.05) is 13.1 Å². The highest BCUT2D eigenvalue weighted by Crippen LogP contribution is 2.15. The van der Waals surface area contributed by atoms with E-state index < -0.39 is 60.5 Å². The molecule has 0 spiro atoms. The second-order valence-corrected chi connectivity index (χ2v) is 12.8. The predicted molar refractivity (Wildman–Crippen MR) is 191 cm³/mol. The Morgan fingerprint density at radius 2 is 1.46 bits per heavy atom. The monoisotopic (exact) mass is 702 g/mol. The van der Waals surface area contributed by atoms with Gasteiger partial charge in [0.1, 0.15) is 25.2 Å². The average Bonchev–Trinajstić information content (AvgIpc) is 3.09. The second-order valence-electron chi connectivity index (χ2n) is 12.8. The van der Waals surface area contributed by atoms with Gasteiger partial charge in [-0.3, -0.25) is 19.2 Å². The van der Waals surface area contributed by atoms with E-state index in [2.05, 4.69) is 38.2 Å². The van der Waals surface area contributed by atoms with Crippen molar-refractivity contribution in [3.8, 4) is 0 Å². The lowest BCUT2D eigenvalue weighted by Crippen LogP contribution is -2.58. The first-order chi connectivity index (χ1) is 24.0. The fourth-order valence-electron chi connectivity index (χ4n) is 5.28. The van der Waals surface area contributed by atoms with Crippen LogP contribution in [0.4, 0.5) is 4.79 Å². The third kappa shape index (κ3) is 19.6. The van der Waals surface area contributed by atoms with Crippen LogP contribution >= 0.6 is 0 Å². The fraction of sp³-hybridized carbons (Fsp3) is 0.686. The minimum atomic E-state index is -1.40. The van der Waals surface area contributed by atoms with E-state index in [4.69, 9.17) is 15.6 Å². The molecular formula is C35H58N8O7. The highest BCUT2D eigenvalue weighted by molar-refractivity contribution is 5.91. The van der Waals surface area contributed by atoms with Gasteiger partial charge in [-0.2, -0.15) is 0 Å². The van der Waals surface area contributed by atoms with Gasteiger partial charge in [0.15, 0.2) is 0 Å². The molecule has 15 nitrogen and oxygen atoms in total. The SMILES string of the molecule is CCCCCCCCCCC[C@@H](NC(=O)[C@@H](NC(=O)[C@@H](N)CCCCNC(=O)OCc1ccccc1)C(C)C)[C@@H](N=[N+]=[N-])C(=O)NCC(=O)O. The van der Waals surface area contributed by atoms with Crippen LogP contribution in [0.3, 0.4) is 0 Å². The zero-order valence-electron chi connectivity index (χ0n) is 29.9. The van der Waals surface area contributed by atoms with Gasteiger partial charge < -0.3 is 36.8 Å². The van der Waals surface area contributed by atoms with Gasteiger partial charge in [0.05, 0.1) is 6.04 Å². The summed E-state index contributed by atoms with van der Waals surface area (Å²) in [5.41, 5.74) is 16.2. The number of benzene rings is 1. The number of nitrogens with two attached hydrogens (primary N) is 1. The Labute approximate surface area is 295 Å². The zero-order chi connectivity index (χ0) is 37.1. The van der Waals surface area contributed by atoms with Gasteiger partial charge in [0.25, 0.3) is 0 Å². The number of azide groups is 1. The van der Waals surface area contributed by atoms with Crippen LogP contribution < -0.4 is 27.0 Å². The molecule has 15 heteroatoms. The maximum Gasteiger partial charge on any atom is 0.407 e. The zero-order valence-corrected chi connectivity index (χ0v) is 29.9. The smallest absolute Gasteiger partial charge is 0.407 e. The van der Waals surface area contributed by atoms with Crippen molar-refractivity contribution < 1.29 is 33.8 Å². The number of aliphatic carboxylic acids is 1. The summed E-state index contributed by atoms with van der Waals surface area (Å²) in [6.45, 7) is 5.49. The van der Waals surface area contributed by atoms with Crippen LogP contribution in [0.25, 0.3) is 10.4 Å². The minimum Gasteiger partial charge on any atom is -0.480 e. The van der Waals surface area contributed by atoms with Gasteiger partial charge in [-0.05, 0) is 42.7 Å². The van der Waals surface area contributed by atoms with E-state index in [1.54, 1.807) is 13.8 Å². The molecule has 0 saturated carbocycles.